The minimum atomic E-state index is -0.989. The summed E-state index contributed by atoms with van der Waals surface area (Å²) in [5, 5.41) is 12.7. The van der Waals surface area contributed by atoms with Gasteiger partial charge in [-0.25, -0.2) is 0 Å². The molecule has 138 valence electrons. The predicted octanol–water partition coefficient (Wildman–Crippen LogP) is 4.07. The summed E-state index contributed by atoms with van der Waals surface area (Å²) in [4.78, 5) is 23.8. The van der Waals surface area contributed by atoms with Crippen molar-refractivity contribution in [2.75, 3.05) is 13.2 Å². The molecule has 0 aliphatic carbocycles. The van der Waals surface area contributed by atoms with Crippen LogP contribution in [0.4, 0.5) is 0 Å². The third kappa shape index (κ3) is 5.64. The number of carboxylic acids is 1. The van der Waals surface area contributed by atoms with Crippen LogP contribution in [-0.4, -0.2) is 30.1 Å². The number of aliphatic carboxylic acids is 1. The van der Waals surface area contributed by atoms with Crippen LogP contribution in [0.25, 0.3) is 0 Å². The van der Waals surface area contributed by atoms with E-state index in [1.165, 1.54) is 12.1 Å². The lowest BCUT2D eigenvalue weighted by Crippen LogP contribution is -2.34. The number of carboxylic acid groups (broad SMARTS) is 1. The maximum atomic E-state index is 12.3. The number of ether oxygens (including phenoxy) is 1. The van der Waals surface area contributed by atoms with E-state index < -0.39 is 17.8 Å². The molecule has 0 bridgehead atoms. The standard InChI is InChI=1S/C19H19Cl2NO4/c1-2-26-15-6-3-12(4-7-15)9-13(19(24)25)11-22-18(23)16-10-14(20)5-8-17(16)21/h3-8,10,13H,2,9,11H2,1H3,(H,22,23)(H,24,25). The molecule has 1 unspecified atom stereocenters. The number of hydrogen-bond donors (Lipinski definition) is 2. The molecule has 0 fully saturated rings. The van der Waals surface area contributed by atoms with Crippen molar-refractivity contribution in [1.82, 2.24) is 5.32 Å². The van der Waals surface area contributed by atoms with Crippen molar-refractivity contribution >= 4 is 35.1 Å². The number of amides is 1. The highest BCUT2D eigenvalue weighted by Crippen LogP contribution is 2.21. The fourth-order valence-corrected chi connectivity index (χ4v) is 2.78. The van der Waals surface area contributed by atoms with Crippen molar-refractivity contribution in [3.05, 3.63) is 63.6 Å². The fourth-order valence-electron chi connectivity index (χ4n) is 2.40. The number of carbonyl (C=O) groups excluding carboxylic acids is 1. The zero-order chi connectivity index (χ0) is 19.1. The Morgan fingerprint density at radius 1 is 1.15 bits per heavy atom. The van der Waals surface area contributed by atoms with E-state index in [4.69, 9.17) is 27.9 Å². The Morgan fingerprint density at radius 2 is 1.85 bits per heavy atom. The lowest BCUT2D eigenvalue weighted by Gasteiger charge is -2.14. The highest BCUT2D eigenvalue weighted by molar-refractivity contribution is 6.35. The highest BCUT2D eigenvalue weighted by Gasteiger charge is 2.20. The smallest absolute Gasteiger partial charge is 0.308 e. The van der Waals surface area contributed by atoms with E-state index in [-0.39, 0.29) is 23.6 Å². The van der Waals surface area contributed by atoms with Gasteiger partial charge in [0.05, 0.1) is 23.1 Å². The second-order valence-electron chi connectivity index (χ2n) is 5.65. The van der Waals surface area contributed by atoms with Crippen LogP contribution in [0.15, 0.2) is 42.5 Å². The molecular formula is C19H19Cl2NO4. The summed E-state index contributed by atoms with van der Waals surface area (Å²) in [6, 6.07) is 11.8. The lowest BCUT2D eigenvalue weighted by atomic mass is 9.99. The van der Waals surface area contributed by atoms with Crippen molar-refractivity contribution in [3.63, 3.8) is 0 Å². The third-order valence-electron chi connectivity index (χ3n) is 3.75. The molecule has 2 N–H and O–H groups in total. The quantitative estimate of drug-likeness (QED) is 0.706. The average Bonchev–Trinajstić information content (AvgIpc) is 2.61. The molecular weight excluding hydrogens is 377 g/mol. The number of rotatable bonds is 8. The average molecular weight is 396 g/mol. The van der Waals surface area contributed by atoms with E-state index in [0.29, 0.717) is 11.6 Å². The van der Waals surface area contributed by atoms with Crippen LogP contribution in [-0.2, 0) is 11.2 Å². The van der Waals surface area contributed by atoms with E-state index in [0.717, 1.165) is 11.3 Å². The van der Waals surface area contributed by atoms with Crippen molar-refractivity contribution < 1.29 is 19.4 Å². The first-order valence-corrected chi connectivity index (χ1v) is 8.84. The summed E-state index contributed by atoms with van der Waals surface area (Å²) in [5.74, 6) is -1.49. The molecule has 0 aromatic heterocycles. The second kappa shape index (κ2) is 9.46. The Morgan fingerprint density at radius 3 is 2.46 bits per heavy atom. The first-order valence-electron chi connectivity index (χ1n) is 8.08. The molecule has 0 saturated heterocycles. The maximum Gasteiger partial charge on any atom is 0.308 e. The molecule has 5 nitrogen and oxygen atoms in total. The second-order valence-corrected chi connectivity index (χ2v) is 6.49. The van der Waals surface area contributed by atoms with Gasteiger partial charge < -0.3 is 15.2 Å². The van der Waals surface area contributed by atoms with Crippen LogP contribution in [0.1, 0.15) is 22.8 Å². The van der Waals surface area contributed by atoms with Crippen LogP contribution in [0.2, 0.25) is 10.0 Å². The summed E-state index contributed by atoms with van der Waals surface area (Å²) in [6.07, 6.45) is 0.283. The molecule has 2 aromatic carbocycles. The van der Waals surface area contributed by atoms with Gasteiger partial charge in [-0.2, -0.15) is 0 Å². The van der Waals surface area contributed by atoms with Gasteiger partial charge in [-0.1, -0.05) is 35.3 Å². The van der Waals surface area contributed by atoms with Crippen molar-refractivity contribution in [2.45, 2.75) is 13.3 Å². The Labute approximate surface area is 161 Å². The van der Waals surface area contributed by atoms with Gasteiger partial charge >= 0.3 is 5.97 Å². The summed E-state index contributed by atoms with van der Waals surface area (Å²) in [5.41, 5.74) is 1.06. The Kier molecular flexibility index (Phi) is 7.30. The van der Waals surface area contributed by atoms with E-state index in [1.807, 2.05) is 19.1 Å². The topological polar surface area (TPSA) is 75.6 Å². The maximum absolute atomic E-state index is 12.3. The number of carbonyl (C=O) groups is 2. The molecule has 0 spiro atoms. The van der Waals surface area contributed by atoms with E-state index in [9.17, 15) is 14.7 Å². The van der Waals surface area contributed by atoms with Crippen LogP contribution in [0, 0.1) is 5.92 Å². The SMILES string of the molecule is CCOc1ccc(CC(CNC(=O)c2cc(Cl)ccc2Cl)C(=O)O)cc1. The summed E-state index contributed by atoms with van der Waals surface area (Å²) in [7, 11) is 0. The van der Waals surface area contributed by atoms with Crippen molar-refractivity contribution in [3.8, 4) is 5.75 Å². The molecule has 1 atom stereocenters. The molecule has 7 heteroatoms. The number of halogens is 2. The van der Waals surface area contributed by atoms with Crippen LogP contribution in [0.5, 0.6) is 5.75 Å². The van der Waals surface area contributed by atoms with E-state index in [2.05, 4.69) is 5.32 Å². The largest absolute Gasteiger partial charge is 0.494 e. The van der Waals surface area contributed by atoms with Crippen LogP contribution < -0.4 is 10.1 Å². The molecule has 0 heterocycles. The van der Waals surface area contributed by atoms with Crippen molar-refractivity contribution in [1.29, 1.82) is 0 Å². The Balaban J connectivity index is 2.00. The zero-order valence-corrected chi connectivity index (χ0v) is 15.7. The van der Waals surface area contributed by atoms with E-state index in [1.54, 1.807) is 18.2 Å². The third-order valence-corrected chi connectivity index (χ3v) is 4.31. The molecule has 2 rings (SSSR count). The van der Waals surface area contributed by atoms with Gasteiger partial charge in [-0.15, -0.1) is 0 Å². The first-order chi connectivity index (χ1) is 12.4. The molecule has 26 heavy (non-hydrogen) atoms. The monoisotopic (exact) mass is 395 g/mol. The normalized spacial score (nSPS) is 11.7. The van der Waals surface area contributed by atoms with E-state index >= 15 is 0 Å². The molecule has 2 aromatic rings. The Hall–Kier alpha value is -2.24. The molecule has 0 radical (unpaired) electrons. The molecule has 0 aliphatic rings. The number of hydrogen-bond acceptors (Lipinski definition) is 3. The summed E-state index contributed by atoms with van der Waals surface area (Å²) in [6.45, 7) is 2.43. The van der Waals surface area contributed by atoms with Crippen LogP contribution >= 0.6 is 23.2 Å². The van der Waals surface area contributed by atoms with Crippen molar-refractivity contribution in [2.24, 2.45) is 5.92 Å². The number of nitrogens with one attached hydrogen (secondary N) is 1. The van der Waals surface area contributed by atoms with Crippen LogP contribution in [0.3, 0.4) is 0 Å². The van der Waals surface area contributed by atoms with Gasteiger partial charge in [-0.05, 0) is 49.2 Å². The highest BCUT2D eigenvalue weighted by atomic mass is 35.5. The molecule has 0 aliphatic heterocycles. The van der Waals surface area contributed by atoms with Gasteiger partial charge in [0, 0.05) is 11.6 Å². The Bertz CT molecular complexity index is 778. The minimum absolute atomic E-state index is 0.0236. The molecule has 0 saturated carbocycles. The van der Waals surface area contributed by atoms with Gasteiger partial charge in [0.2, 0.25) is 0 Å². The summed E-state index contributed by atoms with van der Waals surface area (Å²) < 4.78 is 5.37. The fraction of sp³-hybridized carbons (Fsp3) is 0.263. The molecule has 1 amide bonds. The van der Waals surface area contributed by atoms with Gasteiger partial charge in [0.15, 0.2) is 0 Å². The lowest BCUT2D eigenvalue weighted by molar-refractivity contribution is -0.141. The minimum Gasteiger partial charge on any atom is -0.494 e. The zero-order valence-electron chi connectivity index (χ0n) is 14.2. The number of benzene rings is 2. The predicted molar refractivity (Wildman–Crippen MR) is 101 cm³/mol. The van der Waals surface area contributed by atoms with Gasteiger partial charge in [0.25, 0.3) is 5.91 Å². The van der Waals surface area contributed by atoms with Gasteiger partial charge in [0.1, 0.15) is 5.75 Å². The van der Waals surface area contributed by atoms with Gasteiger partial charge in [-0.3, -0.25) is 9.59 Å². The first kappa shape index (κ1) is 20.1. The summed E-state index contributed by atoms with van der Waals surface area (Å²) >= 11 is 11.9.